The maximum atomic E-state index is 12.0. The maximum Gasteiger partial charge on any atom is 0.252 e. The van der Waals surface area contributed by atoms with Crippen LogP contribution in [-0.4, -0.2) is 48.4 Å². The van der Waals surface area contributed by atoms with Crippen molar-refractivity contribution in [3.8, 4) is 0 Å². The Kier molecular flexibility index (Phi) is 7.83. The summed E-state index contributed by atoms with van der Waals surface area (Å²) in [4.78, 5) is 22.5. The number of carbonyl (C=O) groups excluding carboxylic acids is 1. The average molecular weight is 465 g/mol. The van der Waals surface area contributed by atoms with E-state index in [0.717, 1.165) is 25.5 Å². The highest BCUT2D eigenvalue weighted by molar-refractivity contribution is 14.0. The number of nitrogens with zero attached hydrogens (tertiary/aromatic N) is 3. The molecule has 0 unspecified atom stereocenters. The molecule has 138 valence electrons. The van der Waals surface area contributed by atoms with E-state index >= 15 is 0 Å². The van der Waals surface area contributed by atoms with Gasteiger partial charge in [-0.1, -0.05) is 24.3 Å². The highest BCUT2D eigenvalue weighted by Gasteiger charge is 2.18. The number of hydrogen-bond acceptors (Lipinski definition) is 3. The van der Waals surface area contributed by atoms with E-state index in [4.69, 9.17) is 0 Å². The van der Waals surface area contributed by atoms with E-state index < -0.39 is 0 Å². The molecular formula is C19H24IN5O. The second-order valence-corrected chi connectivity index (χ2v) is 5.91. The first-order valence-corrected chi connectivity index (χ1v) is 8.48. The van der Waals surface area contributed by atoms with Crippen LogP contribution in [0.2, 0.25) is 0 Å². The van der Waals surface area contributed by atoms with Crippen LogP contribution in [0.5, 0.6) is 0 Å². The van der Waals surface area contributed by atoms with Crippen LogP contribution in [0.4, 0.5) is 0 Å². The number of hydrogen-bond donors (Lipinski definition) is 2. The molecule has 7 heteroatoms. The zero-order valence-electron chi connectivity index (χ0n) is 14.8. The molecule has 0 bridgehead atoms. The van der Waals surface area contributed by atoms with Crippen molar-refractivity contribution in [2.45, 2.75) is 13.0 Å². The van der Waals surface area contributed by atoms with E-state index in [1.807, 2.05) is 0 Å². The molecule has 1 aromatic heterocycles. The normalized spacial score (nSPS) is 13.4. The molecule has 1 aliphatic heterocycles. The van der Waals surface area contributed by atoms with Crippen molar-refractivity contribution in [3.63, 3.8) is 0 Å². The number of nitrogens with one attached hydrogen (secondary N) is 2. The van der Waals surface area contributed by atoms with Gasteiger partial charge in [-0.3, -0.25) is 14.8 Å². The molecule has 1 aliphatic rings. The molecule has 26 heavy (non-hydrogen) atoms. The third kappa shape index (κ3) is 5.17. The third-order valence-electron chi connectivity index (χ3n) is 4.26. The summed E-state index contributed by atoms with van der Waals surface area (Å²) >= 11 is 0. The van der Waals surface area contributed by atoms with Crippen molar-refractivity contribution >= 4 is 35.8 Å². The summed E-state index contributed by atoms with van der Waals surface area (Å²) < 4.78 is 0. The van der Waals surface area contributed by atoms with E-state index in [1.165, 1.54) is 11.1 Å². The molecule has 0 saturated heterocycles. The molecule has 6 nitrogen and oxygen atoms in total. The Bertz CT molecular complexity index is 751. The lowest BCUT2D eigenvalue weighted by molar-refractivity contribution is 0.0954. The van der Waals surface area contributed by atoms with Gasteiger partial charge in [0, 0.05) is 45.6 Å². The standard InChI is InChI=1S/C19H23N5O.HI/c1-20-19(24-12-8-15-5-2-3-6-17(15)14-24)23-11-10-22-18(25)16-7-4-9-21-13-16;/h2-7,9,13H,8,10-12,14H2,1H3,(H,20,23)(H,22,25);1H. The molecule has 0 spiro atoms. The number of benzene rings is 1. The summed E-state index contributed by atoms with van der Waals surface area (Å²) in [6.45, 7) is 2.95. The van der Waals surface area contributed by atoms with Crippen molar-refractivity contribution < 1.29 is 4.79 Å². The van der Waals surface area contributed by atoms with Crippen molar-refractivity contribution in [2.24, 2.45) is 4.99 Å². The highest BCUT2D eigenvalue weighted by Crippen LogP contribution is 2.18. The van der Waals surface area contributed by atoms with Crippen LogP contribution in [0.1, 0.15) is 21.5 Å². The van der Waals surface area contributed by atoms with Gasteiger partial charge in [0.25, 0.3) is 5.91 Å². The number of amides is 1. The van der Waals surface area contributed by atoms with Crippen LogP contribution in [0, 0.1) is 0 Å². The van der Waals surface area contributed by atoms with Crippen molar-refractivity contribution in [2.75, 3.05) is 26.7 Å². The molecule has 1 aromatic carbocycles. The summed E-state index contributed by atoms with van der Waals surface area (Å²) in [5, 5.41) is 6.20. The van der Waals surface area contributed by atoms with Crippen molar-refractivity contribution in [1.29, 1.82) is 0 Å². The Morgan fingerprint density at radius 3 is 2.65 bits per heavy atom. The number of aliphatic imine (C=N–C) groups is 1. The summed E-state index contributed by atoms with van der Waals surface area (Å²) in [6, 6.07) is 12.0. The quantitative estimate of drug-likeness (QED) is 0.314. The summed E-state index contributed by atoms with van der Waals surface area (Å²) in [5.41, 5.74) is 3.33. The minimum atomic E-state index is -0.114. The van der Waals surface area contributed by atoms with E-state index in [-0.39, 0.29) is 29.9 Å². The lowest BCUT2D eigenvalue weighted by atomic mass is 10.0. The van der Waals surface area contributed by atoms with Gasteiger partial charge in [-0.25, -0.2) is 0 Å². The highest BCUT2D eigenvalue weighted by atomic mass is 127. The molecule has 0 radical (unpaired) electrons. The summed E-state index contributed by atoms with van der Waals surface area (Å²) in [6.07, 6.45) is 4.24. The SMILES string of the molecule is CN=C(NCCNC(=O)c1cccnc1)N1CCc2ccccc2C1.I. The third-order valence-corrected chi connectivity index (χ3v) is 4.26. The first kappa shape index (κ1) is 20.2. The maximum absolute atomic E-state index is 12.0. The number of fused-ring (bicyclic) bond motifs is 1. The molecule has 3 rings (SSSR count). The minimum absolute atomic E-state index is 0. The van der Waals surface area contributed by atoms with Gasteiger partial charge in [0.15, 0.2) is 5.96 Å². The molecular weight excluding hydrogens is 441 g/mol. The zero-order valence-corrected chi connectivity index (χ0v) is 17.1. The van der Waals surface area contributed by atoms with Crippen LogP contribution in [0.15, 0.2) is 53.8 Å². The Labute approximate surface area is 171 Å². The van der Waals surface area contributed by atoms with Gasteiger partial charge in [0.2, 0.25) is 0 Å². The number of aromatic nitrogens is 1. The van der Waals surface area contributed by atoms with E-state index in [0.29, 0.717) is 18.7 Å². The fourth-order valence-electron chi connectivity index (χ4n) is 2.96. The monoisotopic (exact) mass is 465 g/mol. The Hall–Kier alpha value is -2.16. The van der Waals surface area contributed by atoms with E-state index in [9.17, 15) is 4.79 Å². The summed E-state index contributed by atoms with van der Waals surface area (Å²) in [5.74, 6) is 0.752. The molecule has 0 fully saturated rings. The number of rotatable bonds is 4. The number of guanidine groups is 1. The Balaban J connectivity index is 0.00000243. The second-order valence-electron chi connectivity index (χ2n) is 5.91. The van der Waals surface area contributed by atoms with Crippen LogP contribution in [0.3, 0.4) is 0 Å². The van der Waals surface area contributed by atoms with Crippen LogP contribution < -0.4 is 10.6 Å². The largest absolute Gasteiger partial charge is 0.354 e. The molecule has 0 aliphatic carbocycles. The lowest BCUT2D eigenvalue weighted by Gasteiger charge is -2.31. The first-order valence-electron chi connectivity index (χ1n) is 8.48. The van der Waals surface area contributed by atoms with Crippen LogP contribution in [-0.2, 0) is 13.0 Å². The Morgan fingerprint density at radius 2 is 1.92 bits per heavy atom. The van der Waals surface area contributed by atoms with Gasteiger partial charge in [0.05, 0.1) is 5.56 Å². The average Bonchev–Trinajstić information content (AvgIpc) is 2.68. The second kappa shape index (κ2) is 10.1. The smallest absolute Gasteiger partial charge is 0.252 e. The van der Waals surface area contributed by atoms with Gasteiger partial charge >= 0.3 is 0 Å². The predicted molar refractivity (Wildman–Crippen MR) is 114 cm³/mol. The molecule has 2 aromatic rings. The molecule has 1 amide bonds. The van der Waals surface area contributed by atoms with Crippen LogP contribution >= 0.6 is 24.0 Å². The Morgan fingerprint density at radius 1 is 1.15 bits per heavy atom. The van der Waals surface area contributed by atoms with Gasteiger partial charge in [-0.15, -0.1) is 24.0 Å². The fourth-order valence-corrected chi connectivity index (χ4v) is 2.96. The lowest BCUT2D eigenvalue weighted by Crippen LogP contribution is -2.46. The first-order chi connectivity index (χ1) is 12.3. The van der Waals surface area contributed by atoms with E-state index in [2.05, 4.69) is 49.8 Å². The van der Waals surface area contributed by atoms with Crippen molar-refractivity contribution in [3.05, 3.63) is 65.5 Å². The van der Waals surface area contributed by atoms with Gasteiger partial charge in [0.1, 0.15) is 0 Å². The molecule has 0 saturated carbocycles. The molecule has 2 heterocycles. The number of pyridine rings is 1. The van der Waals surface area contributed by atoms with Gasteiger partial charge in [-0.2, -0.15) is 0 Å². The predicted octanol–water partition coefficient (Wildman–Crippen LogP) is 2.06. The zero-order chi connectivity index (χ0) is 17.5. The topological polar surface area (TPSA) is 69.6 Å². The molecule has 0 atom stereocenters. The summed E-state index contributed by atoms with van der Waals surface area (Å²) in [7, 11) is 1.79. The van der Waals surface area contributed by atoms with Crippen LogP contribution in [0.25, 0.3) is 0 Å². The molecule has 2 N–H and O–H groups in total. The van der Waals surface area contributed by atoms with E-state index in [1.54, 1.807) is 31.6 Å². The number of carbonyl (C=O) groups is 1. The van der Waals surface area contributed by atoms with Gasteiger partial charge in [-0.05, 0) is 29.7 Å². The minimum Gasteiger partial charge on any atom is -0.354 e. The number of halogens is 1. The fraction of sp³-hybridized carbons (Fsp3) is 0.316. The van der Waals surface area contributed by atoms with Gasteiger partial charge < -0.3 is 15.5 Å². The van der Waals surface area contributed by atoms with Crippen molar-refractivity contribution in [1.82, 2.24) is 20.5 Å².